The molecule has 0 N–H and O–H groups in total. The summed E-state index contributed by atoms with van der Waals surface area (Å²) in [6.45, 7) is 2.34. The van der Waals surface area contributed by atoms with E-state index in [2.05, 4.69) is 11.1 Å². The third-order valence-electron chi connectivity index (χ3n) is 2.18. The summed E-state index contributed by atoms with van der Waals surface area (Å²) in [5.41, 5.74) is 3.33. The molecule has 0 spiro atoms. The van der Waals surface area contributed by atoms with Gasteiger partial charge in [-0.3, -0.25) is 9.79 Å². The average Bonchev–Trinajstić information content (AvgIpc) is 2.48. The second-order valence-corrected chi connectivity index (χ2v) is 3.30. The monoisotopic (exact) mass is 173 g/mol. The van der Waals surface area contributed by atoms with Gasteiger partial charge in [0.2, 0.25) is 0 Å². The van der Waals surface area contributed by atoms with Crippen LogP contribution in [0.4, 0.5) is 0 Å². The van der Waals surface area contributed by atoms with Crippen LogP contribution in [0, 0.1) is 0 Å². The molecule has 2 heteroatoms. The van der Waals surface area contributed by atoms with Crippen molar-refractivity contribution < 1.29 is 4.79 Å². The van der Waals surface area contributed by atoms with E-state index in [-0.39, 0.29) is 5.78 Å². The summed E-state index contributed by atoms with van der Waals surface area (Å²) in [6.07, 6.45) is 0.469. The van der Waals surface area contributed by atoms with Crippen LogP contribution in [0.15, 0.2) is 29.3 Å². The molecule has 0 amide bonds. The third-order valence-corrected chi connectivity index (χ3v) is 2.18. The normalized spacial score (nSPS) is 13.8. The molecular formula is C11H11NO. The highest BCUT2D eigenvalue weighted by molar-refractivity contribution is 6.12. The van der Waals surface area contributed by atoms with E-state index < -0.39 is 0 Å². The highest BCUT2D eigenvalue weighted by Gasteiger charge is 2.15. The van der Waals surface area contributed by atoms with Crippen molar-refractivity contribution in [2.75, 3.05) is 0 Å². The van der Waals surface area contributed by atoms with Crippen molar-refractivity contribution in [3.05, 3.63) is 35.4 Å². The molecule has 1 heterocycles. The molecular weight excluding hydrogens is 162 g/mol. The first-order valence-electron chi connectivity index (χ1n) is 4.38. The molecule has 0 saturated carbocycles. The summed E-state index contributed by atoms with van der Waals surface area (Å²) in [5, 5.41) is 0. The van der Waals surface area contributed by atoms with E-state index in [9.17, 15) is 4.79 Å². The van der Waals surface area contributed by atoms with Gasteiger partial charge in [0.15, 0.2) is 0 Å². The van der Waals surface area contributed by atoms with Gasteiger partial charge in [-0.2, -0.15) is 0 Å². The van der Waals surface area contributed by atoms with Crippen LogP contribution in [0.5, 0.6) is 0 Å². The van der Waals surface area contributed by atoms with E-state index in [1.54, 1.807) is 6.92 Å². The Morgan fingerprint density at radius 3 is 3.00 bits per heavy atom. The molecule has 1 aliphatic heterocycles. The summed E-state index contributed by atoms with van der Waals surface area (Å²) in [6, 6.07) is 8.08. The zero-order valence-corrected chi connectivity index (χ0v) is 7.58. The van der Waals surface area contributed by atoms with Crippen molar-refractivity contribution in [3.63, 3.8) is 0 Å². The van der Waals surface area contributed by atoms with Crippen LogP contribution >= 0.6 is 0 Å². The second-order valence-electron chi connectivity index (χ2n) is 3.30. The molecule has 0 aliphatic carbocycles. The molecule has 2 rings (SSSR count). The Balaban J connectivity index is 2.31. The van der Waals surface area contributed by atoms with E-state index in [1.807, 2.05) is 18.2 Å². The first-order valence-corrected chi connectivity index (χ1v) is 4.38. The first kappa shape index (κ1) is 8.17. The maximum absolute atomic E-state index is 10.9. The number of carbonyl (C=O) groups is 1. The van der Waals surface area contributed by atoms with Gasteiger partial charge in [-0.25, -0.2) is 0 Å². The van der Waals surface area contributed by atoms with Crippen molar-refractivity contribution >= 4 is 11.5 Å². The van der Waals surface area contributed by atoms with Gasteiger partial charge in [0.1, 0.15) is 5.78 Å². The standard InChI is InChI=1S/C11H11NO/c1-8(13)6-11-10-5-3-2-4-9(10)7-12-11/h2-5H,6-7H2,1H3. The number of Topliss-reactive ketones (excluding diaryl/α,β-unsaturated/α-hetero) is 1. The molecule has 0 atom stereocenters. The van der Waals surface area contributed by atoms with Crippen LogP contribution < -0.4 is 0 Å². The van der Waals surface area contributed by atoms with Gasteiger partial charge in [0.05, 0.1) is 12.3 Å². The SMILES string of the molecule is CC(=O)CC1=NCc2ccccc21. The van der Waals surface area contributed by atoms with Crippen LogP contribution in [-0.4, -0.2) is 11.5 Å². The van der Waals surface area contributed by atoms with Crippen molar-refractivity contribution in [1.82, 2.24) is 0 Å². The molecule has 1 aliphatic rings. The maximum Gasteiger partial charge on any atom is 0.135 e. The highest BCUT2D eigenvalue weighted by atomic mass is 16.1. The maximum atomic E-state index is 10.9. The number of hydrogen-bond acceptors (Lipinski definition) is 2. The molecule has 0 bridgehead atoms. The van der Waals surface area contributed by atoms with E-state index in [0.29, 0.717) is 6.42 Å². The lowest BCUT2D eigenvalue weighted by atomic mass is 10.0. The quantitative estimate of drug-likeness (QED) is 0.672. The van der Waals surface area contributed by atoms with Gasteiger partial charge >= 0.3 is 0 Å². The van der Waals surface area contributed by atoms with Crippen molar-refractivity contribution in [2.24, 2.45) is 4.99 Å². The molecule has 0 unspecified atom stereocenters. The fourth-order valence-electron chi connectivity index (χ4n) is 1.59. The predicted octanol–water partition coefficient (Wildman–Crippen LogP) is 1.97. The minimum Gasteiger partial charge on any atom is -0.300 e. The lowest BCUT2D eigenvalue weighted by Crippen LogP contribution is -2.03. The predicted molar refractivity (Wildman–Crippen MR) is 52.0 cm³/mol. The molecule has 13 heavy (non-hydrogen) atoms. The molecule has 0 saturated heterocycles. The fourth-order valence-corrected chi connectivity index (χ4v) is 1.59. The second kappa shape index (κ2) is 3.13. The van der Waals surface area contributed by atoms with E-state index in [1.165, 1.54) is 5.56 Å². The van der Waals surface area contributed by atoms with Crippen molar-refractivity contribution in [1.29, 1.82) is 0 Å². The van der Waals surface area contributed by atoms with E-state index in [4.69, 9.17) is 0 Å². The lowest BCUT2D eigenvalue weighted by molar-refractivity contribution is -0.115. The minimum atomic E-state index is 0.176. The number of fused-ring (bicyclic) bond motifs is 1. The van der Waals surface area contributed by atoms with Crippen molar-refractivity contribution in [2.45, 2.75) is 19.9 Å². The Morgan fingerprint density at radius 1 is 1.46 bits per heavy atom. The Hall–Kier alpha value is -1.44. The highest BCUT2D eigenvalue weighted by Crippen LogP contribution is 2.19. The third kappa shape index (κ3) is 1.52. The number of ketones is 1. The number of benzene rings is 1. The zero-order valence-electron chi connectivity index (χ0n) is 7.58. The topological polar surface area (TPSA) is 29.4 Å². The molecule has 0 fully saturated rings. The summed E-state index contributed by atoms with van der Waals surface area (Å²) in [4.78, 5) is 15.3. The van der Waals surface area contributed by atoms with Gasteiger partial charge in [0.25, 0.3) is 0 Å². The Labute approximate surface area is 77.3 Å². The lowest BCUT2D eigenvalue weighted by Gasteiger charge is -1.99. The number of hydrogen-bond donors (Lipinski definition) is 0. The molecule has 1 aromatic rings. The summed E-state index contributed by atoms with van der Waals surface area (Å²) in [5.74, 6) is 0.176. The largest absolute Gasteiger partial charge is 0.300 e. The van der Waals surface area contributed by atoms with E-state index >= 15 is 0 Å². The van der Waals surface area contributed by atoms with Gasteiger partial charge in [0, 0.05) is 12.0 Å². The van der Waals surface area contributed by atoms with Gasteiger partial charge < -0.3 is 0 Å². The Kier molecular flexibility index (Phi) is 1.97. The minimum absolute atomic E-state index is 0.176. The Bertz CT molecular complexity index is 379. The first-order chi connectivity index (χ1) is 6.27. The molecule has 1 aromatic carbocycles. The summed E-state index contributed by atoms with van der Waals surface area (Å²) < 4.78 is 0. The van der Waals surface area contributed by atoms with Gasteiger partial charge in [-0.05, 0) is 12.5 Å². The smallest absolute Gasteiger partial charge is 0.135 e. The molecule has 66 valence electrons. The van der Waals surface area contributed by atoms with Crippen LogP contribution in [0.2, 0.25) is 0 Å². The average molecular weight is 173 g/mol. The zero-order chi connectivity index (χ0) is 9.26. The Morgan fingerprint density at radius 2 is 2.23 bits per heavy atom. The summed E-state index contributed by atoms with van der Waals surface area (Å²) >= 11 is 0. The number of aliphatic imine (C=N–C) groups is 1. The molecule has 2 nitrogen and oxygen atoms in total. The van der Waals surface area contributed by atoms with Crippen LogP contribution in [-0.2, 0) is 11.3 Å². The van der Waals surface area contributed by atoms with Gasteiger partial charge in [-0.15, -0.1) is 0 Å². The molecule has 0 radical (unpaired) electrons. The van der Waals surface area contributed by atoms with Crippen molar-refractivity contribution in [3.8, 4) is 0 Å². The number of rotatable bonds is 2. The van der Waals surface area contributed by atoms with Gasteiger partial charge in [-0.1, -0.05) is 24.3 Å². The number of carbonyl (C=O) groups excluding carboxylic acids is 1. The van der Waals surface area contributed by atoms with Crippen LogP contribution in [0.3, 0.4) is 0 Å². The fraction of sp³-hybridized carbons (Fsp3) is 0.273. The molecule has 0 aromatic heterocycles. The summed E-state index contributed by atoms with van der Waals surface area (Å²) in [7, 11) is 0. The van der Waals surface area contributed by atoms with Crippen LogP contribution in [0.1, 0.15) is 24.5 Å². The van der Waals surface area contributed by atoms with Crippen LogP contribution in [0.25, 0.3) is 0 Å². The van der Waals surface area contributed by atoms with E-state index in [0.717, 1.165) is 17.8 Å². The number of nitrogens with zero attached hydrogens (tertiary/aromatic N) is 1.